The molecule has 0 aliphatic carbocycles. The van der Waals surface area contributed by atoms with Crippen molar-refractivity contribution < 1.29 is 5.11 Å². The molecule has 0 bridgehead atoms. The molecule has 1 aromatic heterocycles. The van der Waals surface area contributed by atoms with Gasteiger partial charge in [0, 0.05) is 18.9 Å². The predicted octanol–water partition coefficient (Wildman–Crippen LogP) is 2.91. The number of aliphatic hydroxyl groups is 1. The molecule has 1 unspecified atom stereocenters. The molecule has 0 aliphatic heterocycles. The van der Waals surface area contributed by atoms with E-state index in [1.807, 2.05) is 30.8 Å². The molecule has 0 saturated carbocycles. The molecule has 98 valence electrons. The van der Waals surface area contributed by atoms with E-state index in [2.05, 4.69) is 31.1 Å². The first-order valence-electron chi connectivity index (χ1n) is 6.61. The van der Waals surface area contributed by atoms with Crippen molar-refractivity contribution in [3.05, 3.63) is 30.0 Å². The van der Waals surface area contributed by atoms with Crippen LogP contribution in [0.5, 0.6) is 0 Å². The lowest BCUT2D eigenvalue weighted by atomic mass is 9.83. The lowest BCUT2D eigenvalue weighted by molar-refractivity contribution is -0.00893. The van der Waals surface area contributed by atoms with Gasteiger partial charge in [-0.25, -0.2) is 0 Å². The van der Waals surface area contributed by atoms with Gasteiger partial charge in [-0.2, -0.15) is 5.10 Å². The number of fused-ring (bicyclic) bond motifs is 1. The molecular formula is C15H22N2O. The van der Waals surface area contributed by atoms with Crippen molar-refractivity contribution >= 4 is 10.9 Å². The predicted molar refractivity (Wildman–Crippen MR) is 74.5 cm³/mol. The van der Waals surface area contributed by atoms with Gasteiger partial charge in [-0.1, -0.05) is 39.0 Å². The van der Waals surface area contributed by atoms with E-state index in [1.165, 1.54) is 0 Å². The van der Waals surface area contributed by atoms with Gasteiger partial charge in [0.05, 0.1) is 16.8 Å². The Morgan fingerprint density at radius 1 is 1.33 bits per heavy atom. The normalized spacial score (nSPS) is 15.2. The molecular weight excluding hydrogens is 224 g/mol. The zero-order valence-electron chi connectivity index (χ0n) is 11.6. The molecule has 0 aliphatic rings. The van der Waals surface area contributed by atoms with E-state index >= 15 is 0 Å². The van der Waals surface area contributed by atoms with Gasteiger partial charge in [0.2, 0.25) is 0 Å². The second-order valence-corrected chi connectivity index (χ2v) is 5.38. The molecule has 0 amide bonds. The molecule has 3 nitrogen and oxygen atoms in total. The van der Waals surface area contributed by atoms with Gasteiger partial charge in [-0.05, 0) is 18.4 Å². The lowest BCUT2D eigenvalue weighted by Crippen LogP contribution is -2.36. The standard InChI is InChI=1S/C15H22N2O/c1-5-15(18,11(2)3)10-13-12-8-6-7-9-14(12)17(4)16-13/h6-9,11,18H,5,10H2,1-4H3. The highest BCUT2D eigenvalue weighted by Crippen LogP contribution is 2.28. The van der Waals surface area contributed by atoms with Crippen molar-refractivity contribution in [3.8, 4) is 0 Å². The largest absolute Gasteiger partial charge is 0.389 e. The van der Waals surface area contributed by atoms with Crippen LogP contribution in [-0.2, 0) is 13.5 Å². The Morgan fingerprint density at radius 2 is 2.00 bits per heavy atom. The Morgan fingerprint density at radius 3 is 2.61 bits per heavy atom. The second kappa shape index (κ2) is 4.73. The maximum Gasteiger partial charge on any atom is 0.0731 e. The van der Waals surface area contributed by atoms with Crippen LogP contribution in [0.3, 0.4) is 0 Å². The van der Waals surface area contributed by atoms with Crippen LogP contribution in [0.15, 0.2) is 24.3 Å². The van der Waals surface area contributed by atoms with Crippen molar-refractivity contribution in [2.45, 2.75) is 39.2 Å². The quantitative estimate of drug-likeness (QED) is 0.900. The first-order chi connectivity index (χ1) is 8.48. The second-order valence-electron chi connectivity index (χ2n) is 5.38. The highest BCUT2D eigenvalue weighted by atomic mass is 16.3. The van der Waals surface area contributed by atoms with E-state index in [1.54, 1.807) is 0 Å². The smallest absolute Gasteiger partial charge is 0.0731 e. The topological polar surface area (TPSA) is 38.1 Å². The van der Waals surface area contributed by atoms with Crippen LogP contribution < -0.4 is 0 Å². The van der Waals surface area contributed by atoms with Crippen molar-refractivity contribution in [1.29, 1.82) is 0 Å². The summed E-state index contributed by atoms with van der Waals surface area (Å²) in [7, 11) is 1.95. The fourth-order valence-electron chi connectivity index (χ4n) is 2.45. The van der Waals surface area contributed by atoms with E-state index in [9.17, 15) is 5.11 Å². The van der Waals surface area contributed by atoms with Gasteiger partial charge >= 0.3 is 0 Å². The van der Waals surface area contributed by atoms with E-state index in [4.69, 9.17) is 0 Å². The summed E-state index contributed by atoms with van der Waals surface area (Å²) >= 11 is 0. The molecule has 2 rings (SSSR count). The van der Waals surface area contributed by atoms with Crippen LogP contribution in [-0.4, -0.2) is 20.5 Å². The molecule has 0 saturated heterocycles. The summed E-state index contributed by atoms with van der Waals surface area (Å²) in [5.74, 6) is 0.225. The zero-order chi connectivity index (χ0) is 13.3. The van der Waals surface area contributed by atoms with Crippen LogP contribution in [0.1, 0.15) is 32.9 Å². The van der Waals surface area contributed by atoms with E-state index < -0.39 is 5.60 Å². The van der Waals surface area contributed by atoms with Crippen molar-refractivity contribution in [1.82, 2.24) is 9.78 Å². The van der Waals surface area contributed by atoms with Gasteiger partial charge < -0.3 is 5.11 Å². The minimum absolute atomic E-state index is 0.225. The molecule has 2 aromatic rings. The summed E-state index contributed by atoms with van der Waals surface area (Å²) in [6.07, 6.45) is 1.36. The third-order valence-corrected chi connectivity index (χ3v) is 3.99. The van der Waals surface area contributed by atoms with Crippen LogP contribution in [0.2, 0.25) is 0 Å². The molecule has 0 radical (unpaired) electrons. The number of para-hydroxylation sites is 1. The minimum atomic E-state index is -0.670. The molecule has 0 fully saturated rings. The minimum Gasteiger partial charge on any atom is -0.389 e. The average molecular weight is 246 g/mol. The average Bonchev–Trinajstić information content (AvgIpc) is 2.66. The van der Waals surface area contributed by atoms with Crippen LogP contribution in [0.4, 0.5) is 0 Å². The molecule has 1 N–H and O–H groups in total. The first kappa shape index (κ1) is 13.1. The summed E-state index contributed by atoms with van der Waals surface area (Å²) in [5.41, 5.74) is 1.44. The molecule has 3 heteroatoms. The van der Waals surface area contributed by atoms with E-state index in [0.29, 0.717) is 6.42 Å². The number of benzene rings is 1. The Bertz CT molecular complexity index is 544. The highest BCUT2D eigenvalue weighted by Gasteiger charge is 2.30. The monoisotopic (exact) mass is 246 g/mol. The maximum absolute atomic E-state index is 10.7. The number of aromatic nitrogens is 2. The van der Waals surface area contributed by atoms with Crippen molar-refractivity contribution in [3.63, 3.8) is 0 Å². The van der Waals surface area contributed by atoms with Gasteiger partial charge in [0.25, 0.3) is 0 Å². The van der Waals surface area contributed by atoms with E-state index in [0.717, 1.165) is 23.0 Å². The number of hydrogen-bond acceptors (Lipinski definition) is 2. The van der Waals surface area contributed by atoms with Gasteiger partial charge in [-0.15, -0.1) is 0 Å². The Kier molecular flexibility index (Phi) is 3.44. The SMILES string of the molecule is CCC(O)(Cc1nn(C)c2ccccc12)C(C)C. The van der Waals surface area contributed by atoms with Gasteiger partial charge in [0.1, 0.15) is 0 Å². The highest BCUT2D eigenvalue weighted by molar-refractivity contribution is 5.81. The summed E-state index contributed by atoms with van der Waals surface area (Å²) in [5, 5.41) is 16.4. The Hall–Kier alpha value is -1.35. The molecule has 0 spiro atoms. The summed E-state index contributed by atoms with van der Waals surface area (Å²) in [6, 6.07) is 8.18. The van der Waals surface area contributed by atoms with Crippen LogP contribution in [0.25, 0.3) is 10.9 Å². The van der Waals surface area contributed by atoms with Gasteiger partial charge in [0.15, 0.2) is 0 Å². The van der Waals surface area contributed by atoms with E-state index in [-0.39, 0.29) is 5.92 Å². The Labute approximate surface area is 108 Å². The molecule has 1 aromatic carbocycles. The third-order valence-electron chi connectivity index (χ3n) is 3.99. The number of nitrogens with zero attached hydrogens (tertiary/aromatic N) is 2. The molecule has 1 heterocycles. The fourth-order valence-corrected chi connectivity index (χ4v) is 2.45. The Balaban J connectivity index is 2.43. The van der Waals surface area contributed by atoms with Crippen LogP contribution >= 0.6 is 0 Å². The zero-order valence-corrected chi connectivity index (χ0v) is 11.6. The number of hydrogen-bond donors (Lipinski definition) is 1. The summed E-state index contributed by atoms with van der Waals surface area (Å²) in [4.78, 5) is 0. The first-order valence-corrected chi connectivity index (χ1v) is 6.61. The summed E-state index contributed by atoms with van der Waals surface area (Å²) < 4.78 is 1.89. The molecule has 18 heavy (non-hydrogen) atoms. The third kappa shape index (κ3) is 2.15. The molecule has 1 atom stereocenters. The maximum atomic E-state index is 10.7. The van der Waals surface area contributed by atoms with Gasteiger partial charge in [-0.3, -0.25) is 4.68 Å². The number of aryl methyl sites for hydroxylation is 1. The fraction of sp³-hybridized carbons (Fsp3) is 0.533. The summed E-state index contributed by atoms with van der Waals surface area (Å²) in [6.45, 7) is 6.16. The van der Waals surface area contributed by atoms with Crippen molar-refractivity contribution in [2.75, 3.05) is 0 Å². The lowest BCUT2D eigenvalue weighted by Gasteiger charge is -2.30. The van der Waals surface area contributed by atoms with Crippen LogP contribution in [0, 0.1) is 5.92 Å². The number of rotatable bonds is 4. The van der Waals surface area contributed by atoms with Crippen molar-refractivity contribution in [2.24, 2.45) is 13.0 Å².